The van der Waals surface area contributed by atoms with E-state index in [1.165, 1.54) is 6.42 Å². The van der Waals surface area contributed by atoms with Gasteiger partial charge < -0.3 is 10.2 Å². The lowest BCUT2D eigenvalue weighted by molar-refractivity contribution is 0.0945. The molecule has 5 nitrogen and oxygen atoms in total. The molecule has 1 unspecified atom stereocenters. The summed E-state index contributed by atoms with van der Waals surface area (Å²) in [6.07, 6.45) is 2.28. The Bertz CT molecular complexity index is 702. The third-order valence-corrected chi connectivity index (χ3v) is 4.43. The minimum atomic E-state index is -0.144. The number of benzene rings is 1. The summed E-state index contributed by atoms with van der Waals surface area (Å²) in [6, 6.07) is 11.7. The smallest absolute Gasteiger partial charge is 0.270 e. The van der Waals surface area contributed by atoms with Crippen molar-refractivity contribution in [1.82, 2.24) is 20.2 Å². The Labute approximate surface area is 143 Å². The van der Waals surface area contributed by atoms with Crippen LogP contribution in [0.1, 0.15) is 46.3 Å². The number of amides is 1. The highest BCUT2D eigenvalue weighted by Gasteiger charge is 2.22. The van der Waals surface area contributed by atoms with Crippen LogP contribution in [-0.2, 0) is 6.54 Å². The van der Waals surface area contributed by atoms with Crippen LogP contribution >= 0.6 is 0 Å². The molecule has 2 heterocycles. The zero-order valence-corrected chi connectivity index (χ0v) is 14.3. The molecule has 1 fully saturated rings. The van der Waals surface area contributed by atoms with E-state index in [4.69, 9.17) is 0 Å². The highest BCUT2D eigenvalue weighted by molar-refractivity contribution is 5.92. The van der Waals surface area contributed by atoms with E-state index in [0.717, 1.165) is 30.8 Å². The second-order valence-corrected chi connectivity index (χ2v) is 6.49. The Balaban J connectivity index is 1.72. The standard InChI is InChI=1S/C19H24N4O/c1-14-21-17(16-9-6-10-23(2)13-16)11-18(22-14)19(24)20-12-15-7-4-3-5-8-15/h3-5,7-8,11,16H,6,9-10,12-13H2,1-2H3,(H,20,24). The number of likely N-dealkylation sites (N-methyl/N-ethyl adjacent to an activating group) is 1. The van der Waals surface area contributed by atoms with E-state index >= 15 is 0 Å². The van der Waals surface area contributed by atoms with E-state index in [1.54, 1.807) is 0 Å². The van der Waals surface area contributed by atoms with Crippen LogP contribution < -0.4 is 5.32 Å². The van der Waals surface area contributed by atoms with Gasteiger partial charge in [-0.3, -0.25) is 4.79 Å². The molecule has 1 aromatic carbocycles. The van der Waals surface area contributed by atoms with E-state index in [0.29, 0.717) is 24.0 Å². The Hall–Kier alpha value is -2.27. The van der Waals surface area contributed by atoms with Crippen molar-refractivity contribution in [1.29, 1.82) is 0 Å². The predicted octanol–water partition coefficient (Wildman–Crippen LogP) is 2.52. The summed E-state index contributed by atoms with van der Waals surface area (Å²) in [5.41, 5.74) is 2.52. The van der Waals surface area contributed by atoms with Gasteiger partial charge in [0, 0.05) is 24.7 Å². The van der Waals surface area contributed by atoms with Gasteiger partial charge in [-0.15, -0.1) is 0 Å². The van der Waals surface area contributed by atoms with Gasteiger partial charge in [0.15, 0.2) is 0 Å². The van der Waals surface area contributed by atoms with Crippen LogP contribution in [0.15, 0.2) is 36.4 Å². The van der Waals surface area contributed by atoms with Crippen LogP contribution in [0.4, 0.5) is 0 Å². The fraction of sp³-hybridized carbons (Fsp3) is 0.421. The molecule has 1 N–H and O–H groups in total. The van der Waals surface area contributed by atoms with Crippen LogP contribution in [0.2, 0.25) is 0 Å². The van der Waals surface area contributed by atoms with Crippen molar-refractivity contribution in [3.8, 4) is 0 Å². The van der Waals surface area contributed by atoms with E-state index in [-0.39, 0.29) is 5.91 Å². The molecular weight excluding hydrogens is 300 g/mol. The molecule has 1 aromatic heterocycles. The molecule has 0 saturated carbocycles. The molecule has 2 aromatic rings. The van der Waals surface area contributed by atoms with Crippen LogP contribution in [-0.4, -0.2) is 40.9 Å². The summed E-state index contributed by atoms with van der Waals surface area (Å²) < 4.78 is 0. The third kappa shape index (κ3) is 4.17. The summed E-state index contributed by atoms with van der Waals surface area (Å²) in [6.45, 7) is 4.47. The molecule has 0 aliphatic carbocycles. The lowest BCUT2D eigenvalue weighted by atomic mass is 9.94. The summed E-state index contributed by atoms with van der Waals surface area (Å²) in [7, 11) is 2.13. The summed E-state index contributed by atoms with van der Waals surface area (Å²) >= 11 is 0. The highest BCUT2D eigenvalue weighted by atomic mass is 16.1. The summed E-state index contributed by atoms with van der Waals surface area (Å²) in [5.74, 6) is 0.895. The Morgan fingerprint density at radius 1 is 1.29 bits per heavy atom. The molecule has 1 aliphatic heterocycles. The van der Waals surface area contributed by atoms with Crippen molar-refractivity contribution in [3.63, 3.8) is 0 Å². The van der Waals surface area contributed by atoms with Crippen molar-refractivity contribution in [2.75, 3.05) is 20.1 Å². The van der Waals surface area contributed by atoms with Gasteiger partial charge >= 0.3 is 0 Å². The van der Waals surface area contributed by atoms with Gasteiger partial charge in [-0.05, 0) is 45.0 Å². The van der Waals surface area contributed by atoms with Gasteiger partial charge in [-0.25, -0.2) is 9.97 Å². The molecule has 24 heavy (non-hydrogen) atoms. The third-order valence-electron chi connectivity index (χ3n) is 4.43. The molecule has 5 heteroatoms. The van der Waals surface area contributed by atoms with Gasteiger partial charge in [-0.2, -0.15) is 0 Å². The van der Waals surface area contributed by atoms with E-state index in [9.17, 15) is 4.79 Å². The maximum atomic E-state index is 12.5. The molecule has 0 radical (unpaired) electrons. The Morgan fingerprint density at radius 3 is 2.83 bits per heavy atom. The number of nitrogens with zero attached hydrogens (tertiary/aromatic N) is 3. The molecular formula is C19H24N4O. The molecule has 0 bridgehead atoms. The second kappa shape index (κ2) is 7.53. The molecule has 1 aliphatic rings. The maximum absolute atomic E-state index is 12.5. The zero-order valence-electron chi connectivity index (χ0n) is 14.3. The topological polar surface area (TPSA) is 58.1 Å². The first-order chi connectivity index (χ1) is 11.6. The predicted molar refractivity (Wildman–Crippen MR) is 93.9 cm³/mol. The van der Waals surface area contributed by atoms with Crippen molar-refractivity contribution in [2.45, 2.75) is 32.2 Å². The molecule has 1 saturated heterocycles. The number of carbonyl (C=O) groups is 1. The lowest BCUT2D eigenvalue weighted by Gasteiger charge is -2.29. The van der Waals surface area contributed by atoms with Gasteiger partial charge in [0.05, 0.1) is 0 Å². The van der Waals surface area contributed by atoms with Crippen molar-refractivity contribution in [3.05, 3.63) is 59.2 Å². The van der Waals surface area contributed by atoms with E-state index in [1.807, 2.05) is 43.3 Å². The maximum Gasteiger partial charge on any atom is 0.270 e. The zero-order chi connectivity index (χ0) is 16.9. The van der Waals surface area contributed by atoms with Crippen LogP contribution in [0.3, 0.4) is 0 Å². The number of hydrogen-bond donors (Lipinski definition) is 1. The number of piperidine rings is 1. The first-order valence-electron chi connectivity index (χ1n) is 8.48. The number of aryl methyl sites for hydroxylation is 1. The van der Waals surface area contributed by atoms with E-state index < -0.39 is 0 Å². The number of nitrogens with one attached hydrogen (secondary N) is 1. The number of carbonyl (C=O) groups excluding carboxylic acids is 1. The van der Waals surface area contributed by atoms with Crippen molar-refractivity contribution < 1.29 is 4.79 Å². The molecule has 0 spiro atoms. The monoisotopic (exact) mass is 324 g/mol. The fourth-order valence-corrected chi connectivity index (χ4v) is 3.19. The highest BCUT2D eigenvalue weighted by Crippen LogP contribution is 2.25. The first-order valence-corrected chi connectivity index (χ1v) is 8.48. The SMILES string of the molecule is Cc1nc(C(=O)NCc2ccccc2)cc(C2CCCN(C)C2)n1. The summed E-state index contributed by atoms with van der Waals surface area (Å²) in [5, 5.41) is 2.94. The minimum Gasteiger partial charge on any atom is -0.347 e. The molecule has 3 rings (SSSR count). The first kappa shape index (κ1) is 16.6. The molecule has 1 amide bonds. The second-order valence-electron chi connectivity index (χ2n) is 6.49. The largest absolute Gasteiger partial charge is 0.347 e. The van der Waals surface area contributed by atoms with E-state index in [2.05, 4.69) is 27.2 Å². The lowest BCUT2D eigenvalue weighted by Crippen LogP contribution is -2.32. The van der Waals surface area contributed by atoms with Gasteiger partial charge in [0.2, 0.25) is 0 Å². The average molecular weight is 324 g/mol. The van der Waals surface area contributed by atoms with Crippen LogP contribution in [0.5, 0.6) is 0 Å². The minimum absolute atomic E-state index is 0.144. The molecule has 1 atom stereocenters. The van der Waals surface area contributed by atoms with Gasteiger partial charge in [0.1, 0.15) is 11.5 Å². The van der Waals surface area contributed by atoms with Crippen LogP contribution in [0.25, 0.3) is 0 Å². The Kier molecular flexibility index (Phi) is 5.20. The average Bonchev–Trinajstić information content (AvgIpc) is 2.60. The normalized spacial score (nSPS) is 18.3. The molecule has 126 valence electrons. The number of hydrogen-bond acceptors (Lipinski definition) is 4. The number of rotatable bonds is 4. The Morgan fingerprint density at radius 2 is 2.08 bits per heavy atom. The quantitative estimate of drug-likeness (QED) is 0.939. The number of likely N-dealkylation sites (tertiary alicyclic amines) is 1. The van der Waals surface area contributed by atoms with Crippen LogP contribution in [0, 0.1) is 6.92 Å². The van der Waals surface area contributed by atoms with Crippen molar-refractivity contribution in [2.24, 2.45) is 0 Å². The summed E-state index contributed by atoms with van der Waals surface area (Å²) in [4.78, 5) is 23.7. The van der Waals surface area contributed by atoms with Gasteiger partial charge in [0.25, 0.3) is 5.91 Å². The van der Waals surface area contributed by atoms with Crippen molar-refractivity contribution >= 4 is 5.91 Å². The fourth-order valence-electron chi connectivity index (χ4n) is 3.19. The van der Waals surface area contributed by atoms with Gasteiger partial charge in [-0.1, -0.05) is 30.3 Å². The number of aromatic nitrogens is 2.